The molecule has 6 rings (SSSR count). The molecule has 0 spiro atoms. The molecule has 4 N–H and O–H groups in total. The minimum absolute atomic E-state index is 0.0433. The zero-order chi connectivity index (χ0) is 25.1. The van der Waals surface area contributed by atoms with E-state index in [1.165, 1.54) is 18.2 Å². The van der Waals surface area contributed by atoms with Gasteiger partial charge in [-0.15, -0.1) is 0 Å². The van der Waals surface area contributed by atoms with Crippen LogP contribution in [0.2, 0.25) is 0 Å². The smallest absolute Gasteiger partial charge is 0.274 e. The van der Waals surface area contributed by atoms with Gasteiger partial charge in [-0.1, -0.05) is 23.5 Å². The SMILES string of the molecule is NC(=O)c1cc(F)cc2c1OC(C[C@@H]1C[C@@H]3C[C@@H]3N1C(=O)c1nc(N)sc1-c1cccc(F)c1)OC2. The molecule has 0 bridgehead atoms. The number of carbonyl (C=O) groups is 2. The summed E-state index contributed by atoms with van der Waals surface area (Å²) in [4.78, 5) is 32.2. The molecule has 2 amide bonds. The van der Waals surface area contributed by atoms with Crippen molar-refractivity contribution < 1.29 is 27.8 Å². The number of nitrogens with zero attached hydrogens (tertiary/aromatic N) is 2. The highest BCUT2D eigenvalue weighted by atomic mass is 32.1. The zero-order valence-electron chi connectivity index (χ0n) is 18.9. The van der Waals surface area contributed by atoms with Gasteiger partial charge in [-0.3, -0.25) is 9.59 Å². The summed E-state index contributed by atoms with van der Waals surface area (Å²) in [7, 11) is 0. The molecule has 1 aliphatic carbocycles. The largest absolute Gasteiger partial charge is 0.464 e. The number of anilines is 1. The van der Waals surface area contributed by atoms with Crippen LogP contribution >= 0.6 is 11.3 Å². The quantitative estimate of drug-likeness (QED) is 0.538. The summed E-state index contributed by atoms with van der Waals surface area (Å²) in [5.74, 6) is -1.50. The number of fused-ring (bicyclic) bond motifs is 2. The Labute approximate surface area is 208 Å². The van der Waals surface area contributed by atoms with Gasteiger partial charge in [-0.2, -0.15) is 0 Å². The molecule has 36 heavy (non-hydrogen) atoms. The highest BCUT2D eigenvalue weighted by Gasteiger charge is 2.55. The third-order valence-corrected chi connectivity index (χ3v) is 7.85. The highest BCUT2D eigenvalue weighted by molar-refractivity contribution is 7.19. The number of hydrogen-bond donors (Lipinski definition) is 2. The number of rotatable bonds is 5. The molecule has 3 aliphatic rings. The average molecular weight is 513 g/mol. The van der Waals surface area contributed by atoms with Crippen LogP contribution in [0, 0.1) is 17.6 Å². The van der Waals surface area contributed by atoms with Crippen molar-refractivity contribution >= 4 is 28.3 Å². The first-order valence-electron chi connectivity index (χ1n) is 11.5. The first-order valence-corrected chi connectivity index (χ1v) is 12.4. The lowest BCUT2D eigenvalue weighted by Crippen LogP contribution is -2.42. The number of aromatic nitrogens is 1. The predicted octanol–water partition coefficient (Wildman–Crippen LogP) is 3.70. The molecule has 186 valence electrons. The van der Waals surface area contributed by atoms with E-state index in [1.807, 2.05) is 4.90 Å². The van der Waals surface area contributed by atoms with Crippen LogP contribution in [0.25, 0.3) is 10.4 Å². The van der Waals surface area contributed by atoms with Crippen molar-refractivity contribution in [1.29, 1.82) is 0 Å². The topological polar surface area (TPSA) is 121 Å². The monoisotopic (exact) mass is 512 g/mol. The molecule has 1 aromatic heterocycles. The Morgan fingerprint density at radius 1 is 1.17 bits per heavy atom. The van der Waals surface area contributed by atoms with Gasteiger partial charge in [0.05, 0.1) is 17.0 Å². The lowest BCUT2D eigenvalue weighted by molar-refractivity contribution is -0.119. The summed E-state index contributed by atoms with van der Waals surface area (Å²) in [5.41, 5.74) is 12.5. The van der Waals surface area contributed by atoms with Gasteiger partial charge in [0.15, 0.2) is 5.13 Å². The molecule has 11 heteroatoms. The number of hydrogen-bond acceptors (Lipinski definition) is 7. The van der Waals surface area contributed by atoms with Gasteiger partial charge >= 0.3 is 0 Å². The van der Waals surface area contributed by atoms with Crippen LogP contribution in [0.3, 0.4) is 0 Å². The van der Waals surface area contributed by atoms with Crippen LogP contribution in [0.4, 0.5) is 13.9 Å². The Hall–Kier alpha value is -3.57. The fraction of sp³-hybridized carbons (Fsp3) is 0.320. The summed E-state index contributed by atoms with van der Waals surface area (Å²) in [6.45, 7) is 0.0535. The van der Waals surface area contributed by atoms with Gasteiger partial charge in [-0.25, -0.2) is 13.8 Å². The van der Waals surface area contributed by atoms with Crippen LogP contribution < -0.4 is 16.2 Å². The molecular weight excluding hydrogens is 490 g/mol. The lowest BCUT2D eigenvalue weighted by Gasteiger charge is -2.33. The summed E-state index contributed by atoms with van der Waals surface area (Å²) in [5, 5.41) is 0.225. The van der Waals surface area contributed by atoms with E-state index < -0.39 is 23.8 Å². The molecular formula is C25H22F2N4O4S. The standard InChI is InChI=1S/C25H22F2N4O4S/c26-14-3-1-2-11(4-14)22-20(30-25(29)36-22)24(33)31-16(6-12-7-18(12)31)9-19-34-10-13-5-15(27)8-17(23(28)32)21(13)35-19/h1-5,8,12,16,18-19H,6-7,9-10H2,(H2,28,32)(H2,29,30)/t12-,16+,18+,19?/m1/s1. The molecule has 2 fully saturated rings. The highest BCUT2D eigenvalue weighted by Crippen LogP contribution is 2.50. The number of thiazole rings is 1. The van der Waals surface area contributed by atoms with Crippen molar-refractivity contribution in [1.82, 2.24) is 9.88 Å². The number of amides is 2. The fourth-order valence-corrected chi connectivity index (χ4v) is 6.10. The van der Waals surface area contributed by atoms with Gasteiger partial charge in [0.2, 0.25) is 6.29 Å². The molecule has 4 atom stereocenters. The van der Waals surface area contributed by atoms with Gasteiger partial charge in [0.1, 0.15) is 23.1 Å². The Morgan fingerprint density at radius 3 is 2.78 bits per heavy atom. The molecule has 3 heterocycles. The third kappa shape index (κ3) is 3.97. The lowest BCUT2D eigenvalue weighted by atomic mass is 10.0. The van der Waals surface area contributed by atoms with E-state index in [0.717, 1.165) is 30.2 Å². The predicted molar refractivity (Wildman–Crippen MR) is 127 cm³/mol. The molecule has 8 nitrogen and oxygen atoms in total. The molecule has 1 saturated carbocycles. The molecule has 1 saturated heterocycles. The van der Waals surface area contributed by atoms with Crippen molar-refractivity contribution in [3.63, 3.8) is 0 Å². The molecule has 0 radical (unpaired) electrons. The van der Waals surface area contributed by atoms with Gasteiger partial charge in [-0.05, 0) is 48.6 Å². The van der Waals surface area contributed by atoms with E-state index in [9.17, 15) is 18.4 Å². The molecule has 2 aliphatic heterocycles. The number of benzene rings is 2. The normalized spacial score (nSPS) is 24.1. The van der Waals surface area contributed by atoms with Gasteiger partial charge in [0, 0.05) is 24.1 Å². The van der Waals surface area contributed by atoms with Gasteiger partial charge < -0.3 is 25.8 Å². The number of ether oxygens (including phenoxy) is 2. The van der Waals surface area contributed by atoms with Crippen molar-refractivity contribution in [2.45, 2.75) is 44.2 Å². The van der Waals surface area contributed by atoms with E-state index >= 15 is 0 Å². The number of nitrogens with two attached hydrogens (primary N) is 2. The average Bonchev–Trinajstić information content (AvgIpc) is 3.32. The van der Waals surface area contributed by atoms with E-state index in [2.05, 4.69) is 4.98 Å². The minimum atomic E-state index is -0.795. The number of primary amides is 1. The van der Waals surface area contributed by atoms with E-state index in [4.69, 9.17) is 20.9 Å². The second-order valence-corrected chi connectivity index (χ2v) is 10.3. The Bertz CT molecular complexity index is 1400. The van der Waals surface area contributed by atoms with E-state index in [0.29, 0.717) is 28.3 Å². The second-order valence-electron chi connectivity index (χ2n) is 9.31. The number of halogens is 2. The van der Waals surface area contributed by atoms with Crippen molar-refractivity contribution in [3.8, 4) is 16.2 Å². The number of likely N-dealkylation sites (tertiary alicyclic amines) is 1. The maximum Gasteiger partial charge on any atom is 0.274 e. The molecule has 1 unspecified atom stereocenters. The maximum absolute atomic E-state index is 13.9. The van der Waals surface area contributed by atoms with Crippen LogP contribution in [-0.4, -0.2) is 40.1 Å². The van der Waals surface area contributed by atoms with E-state index in [1.54, 1.807) is 12.1 Å². The van der Waals surface area contributed by atoms with Crippen molar-refractivity contribution in [2.75, 3.05) is 5.73 Å². The molecule has 3 aromatic rings. The van der Waals surface area contributed by atoms with Crippen molar-refractivity contribution in [2.24, 2.45) is 11.7 Å². The third-order valence-electron chi connectivity index (χ3n) is 6.91. The number of carbonyl (C=O) groups excluding carboxylic acids is 2. The minimum Gasteiger partial charge on any atom is -0.464 e. The molecule has 2 aromatic carbocycles. The Kier molecular flexibility index (Phi) is 5.41. The summed E-state index contributed by atoms with van der Waals surface area (Å²) < 4.78 is 39.5. The maximum atomic E-state index is 13.9. The van der Waals surface area contributed by atoms with Crippen LogP contribution in [-0.2, 0) is 11.3 Å². The summed E-state index contributed by atoms with van der Waals surface area (Å²) in [6, 6.07) is 8.15. The van der Waals surface area contributed by atoms with Crippen LogP contribution in [0.5, 0.6) is 5.75 Å². The first-order chi connectivity index (χ1) is 17.3. The summed E-state index contributed by atoms with van der Waals surface area (Å²) >= 11 is 1.14. The zero-order valence-corrected chi connectivity index (χ0v) is 19.8. The number of nitrogen functional groups attached to an aromatic ring is 1. The Morgan fingerprint density at radius 2 is 2.00 bits per heavy atom. The number of piperidine rings is 1. The van der Waals surface area contributed by atoms with Crippen molar-refractivity contribution in [3.05, 3.63) is 64.9 Å². The van der Waals surface area contributed by atoms with Gasteiger partial charge in [0.25, 0.3) is 11.8 Å². The van der Waals surface area contributed by atoms with E-state index in [-0.39, 0.29) is 46.7 Å². The second kappa shape index (κ2) is 8.52. The van der Waals surface area contributed by atoms with Crippen LogP contribution in [0.15, 0.2) is 36.4 Å². The van der Waals surface area contributed by atoms with Crippen LogP contribution in [0.1, 0.15) is 45.7 Å². The Balaban J connectivity index is 1.25. The first kappa shape index (κ1) is 22.9. The summed E-state index contributed by atoms with van der Waals surface area (Å²) in [6.07, 6.45) is 1.27. The fourth-order valence-electron chi connectivity index (χ4n) is 5.28.